The van der Waals surface area contributed by atoms with Crippen LogP contribution < -0.4 is 5.32 Å². The molecule has 0 saturated heterocycles. The lowest BCUT2D eigenvalue weighted by molar-refractivity contribution is -0.130. The molecule has 0 aliphatic rings. The van der Waals surface area contributed by atoms with E-state index >= 15 is 0 Å². The van der Waals surface area contributed by atoms with Crippen LogP contribution in [0.3, 0.4) is 0 Å². The Labute approximate surface area is 333 Å². The summed E-state index contributed by atoms with van der Waals surface area (Å²) in [5.41, 5.74) is 0. The van der Waals surface area contributed by atoms with Crippen LogP contribution in [0.2, 0.25) is 0 Å². The van der Waals surface area contributed by atoms with Gasteiger partial charge in [-0.05, 0) is 70.6 Å². The Bertz CT molecular complexity index is 1050. The van der Waals surface area contributed by atoms with E-state index in [1.54, 1.807) is 6.08 Å². The van der Waals surface area contributed by atoms with Gasteiger partial charge in [0.05, 0.1) is 17.9 Å². The van der Waals surface area contributed by atoms with E-state index in [2.05, 4.69) is 55.6 Å². The summed E-state index contributed by atoms with van der Waals surface area (Å²) < 4.78 is 32.6. The third-order valence-corrected chi connectivity index (χ3v) is 10.8. The molecule has 0 spiro atoms. The Morgan fingerprint density at radius 1 is 0.500 bits per heavy atom. The lowest BCUT2D eigenvalue weighted by Gasteiger charge is -2.22. The lowest BCUT2D eigenvalue weighted by Crippen LogP contribution is -2.50. The Hall–Kier alpha value is -1.74. The van der Waals surface area contributed by atoms with Gasteiger partial charge in [-0.25, -0.2) is 0 Å². The summed E-state index contributed by atoms with van der Waals surface area (Å²) in [5, 5.41) is 23.4. The van der Waals surface area contributed by atoms with Gasteiger partial charge in [0.25, 0.3) is 10.1 Å². The van der Waals surface area contributed by atoms with Crippen molar-refractivity contribution >= 4 is 16.0 Å². The lowest BCUT2D eigenvalue weighted by atomic mass is 10.0. The van der Waals surface area contributed by atoms with Gasteiger partial charge in [-0.3, -0.25) is 9.35 Å². The molecule has 0 aromatic heterocycles. The number of hydrogen-bond donors (Lipinski definition) is 4. The van der Waals surface area contributed by atoms with Crippen molar-refractivity contribution in [1.29, 1.82) is 0 Å². The molecule has 0 saturated carbocycles. The van der Waals surface area contributed by atoms with Crippen LogP contribution in [0.15, 0.2) is 48.6 Å². The molecule has 0 heterocycles. The smallest absolute Gasteiger partial charge is 0.267 e. The molecule has 7 nitrogen and oxygen atoms in total. The second-order valence-electron chi connectivity index (χ2n) is 15.4. The number of rotatable bonds is 40. The summed E-state index contributed by atoms with van der Waals surface area (Å²) in [4.78, 5) is 12.6. The van der Waals surface area contributed by atoms with Crippen molar-refractivity contribution in [3.05, 3.63) is 48.6 Å². The van der Waals surface area contributed by atoms with Crippen LogP contribution in [0.1, 0.15) is 213 Å². The first-order valence-corrected chi connectivity index (χ1v) is 24.1. The largest absolute Gasteiger partial charge is 0.387 e. The molecule has 0 rings (SSSR count). The summed E-state index contributed by atoms with van der Waals surface area (Å²) in [7, 11) is -4.46. The summed E-state index contributed by atoms with van der Waals surface area (Å²) >= 11 is 0. The van der Waals surface area contributed by atoms with Crippen molar-refractivity contribution in [2.45, 2.75) is 231 Å². The van der Waals surface area contributed by atoms with Gasteiger partial charge in [0.15, 0.2) is 0 Å². The maximum Gasteiger partial charge on any atom is 0.267 e. The highest BCUT2D eigenvalue weighted by atomic mass is 32.2. The van der Waals surface area contributed by atoms with Gasteiger partial charge in [0, 0.05) is 0 Å². The second kappa shape index (κ2) is 39.5. The van der Waals surface area contributed by atoms with Crippen LogP contribution in [-0.4, -0.2) is 53.1 Å². The standard InChI is InChI=1S/C46H85NO6S/c1-3-5-7-9-11-13-15-17-19-21-23-25-27-29-31-33-35-37-39-41-45(49)46(50)47-43(42-54(51,52)53)44(48)40-38-36-34-32-30-28-26-24-22-20-18-16-14-12-10-8-6-4-2/h22-25,30,32,38,40,43-45,48-49H,3-21,26-29,31,33-37,39,41-42H2,1-2H3,(H,47,50)(H,51,52,53)/b24-22+,25-23-,32-30+,40-38+. The summed E-state index contributed by atoms with van der Waals surface area (Å²) in [6.07, 6.45) is 50.2. The molecule has 3 atom stereocenters. The van der Waals surface area contributed by atoms with E-state index in [4.69, 9.17) is 0 Å². The average Bonchev–Trinajstić information content (AvgIpc) is 3.14. The molecule has 0 aromatic carbocycles. The number of aliphatic hydroxyl groups is 2. The minimum atomic E-state index is -4.46. The molecule has 0 fully saturated rings. The van der Waals surface area contributed by atoms with Crippen molar-refractivity contribution in [1.82, 2.24) is 5.32 Å². The summed E-state index contributed by atoms with van der Waals surface area (Å²) in [5.74, 6) is -1.57. The number of carbonyl (C=O) groups is 1. The maximum absolute atomic E-state index is 12.6. The number of amides is 1. The molecular formula is C46H85NO6S. The third kappa shape index (κ3) is 38.5. The van der Waals surface area contributed by atoms with Crippen molar-refractivity contribution < 1.29 is 28.0 Å². The predicted molar refractivity (Wildman–Crippen MR) is 231 cm³/mol. The normalized spacial score (nSPS) is 14.2. The summed E-state index contributed by atoms with van der Waals surface area (Å²) in [6.45, 7) is 4.52. The first kappa shape index (κ1) is 52.3. The monoisotopic (exact) mass is 780 g/mol. The van der Waals surface area contributed by atoms with Gasteiger partial charge >= 0.3 is 0 Å². The van der Waals surface area contributed by atoms with Crippen molar-refractivity contribution in [3.63, 3.8) is 0 Å². The van der Waals surface area contributed by atoms with Gasteiger partial charge in [0.2, 0.25) is 5.91 Å². The zero-order valence-corrected chi connectivity index (χ0v) is 35.8. The van der Waals surface area contributed by atoms with Crippen LogP contribution in [0.4, 0.5) is 0 Å². The fourth-order valence-corrected chi connectivity index (χ4v) is 7.33. The van der Waals surface area contributed by atoms with Crippen LogP contribution in [0.5, 0.6) is 0 Å². The predicted octanol–water partition coefficient (Wildman–Crippen LogP) is 12.4. The van der Waals surface area contributed by atoms with Gasteiger partial charge in [0.1, 0.15) is 6.10 Å². The van der Waals surface area contributed by atoms with Gasteiger partial charge in [-0.1, -0.05) is 191 Å². The molecule has 0 radical (unpaired) electrons. The quantitative estimate of drug-likeness (QED) is 0.0279. The topological polar surface area (TPSA) is 124 Å². The van der Waals surface area contributed by atoms with Crippen molar-refractivity contribution in [3.8, 4) is 0 Å². The van der Waals surface area contributed by atoms with Crippen LogP contribution in [0, 0.1) is 0 Å². The zero-order chi connectivity index (χ0) is 39.8. The van der Waals surface area contributed by atoms with Gasteiger partial charge < -0.3 is 15.5 Å². The zero-order valence-electron chi connectivity index (χ0n) is 35.0. The Morgan fingerprint density at radius 3 is 1.22 bits per heavy atom. The molecule has 316 valence electrons. The third-order valence-electron chi connectivity index (χ3n) is 10.1. The SMILES string of the molecule is CCCCCCCCCC/C=C/CC/C=C/CC/C=C/C(O)C(CS(=O)(=O)O)NC(=O)C(O)CCCCCCCC/C=C\CCCCCCCCCCC. The Balaban J connectivity index is 4.07. The van der Waals surface area contributed by atoms with E-state index < -0.39 is 40.0 Å². The van der Waals surface area contributed by atoms with E-state index in [9.17, 15) is 28.0 Å². The van der Waals surface area contributed by atoms with E-state index in [1.807, 2.05) is 0 Å². The number of allylic oxidation sites excluding steroid dienone is 7. The first-order valence-electron chi connectivity index (χ1n) is 22.4. The van der Waals surface area contributed by atoms with Crippen LogP contribution >= 0.6 is 0 Å². The van der Waals surface area contributed by atoms with E-state index in [1.165, 1.54) is 134 Å². The number of carbonyl (C=O) groups excluding carboxylic acids is 1. The number of hydrogen-bond acceptors (Lipinski definition) is 5. The van der Waals surface area contributed by atoms with Crippen molar-refractivity contribution in [2.75, 3.05) is 5.75 Å². The van der Waals surface area contributed by atoms with Crippen molar-refractivity contribution in [2.24, 2.45) is 0 Å². The second-order valence-corrected chi connectivity index (χ2v) is 16.9. The molecule has 0 aliphatic carbocycles. The minimum absolute atomic E-state index is 0.263. The molecule has 54 heavy (non-hydrogen) atoms. The fourth-order valence-electron chi connectivity index (χ4n) is 6.60. The first-order chi connectivity index (χ1) is 26.2. The Morgan fingerprint density at radius 2 is 0.833 bits per heavy atom. The highest BCUT2D eigenvalue weighted by molar-refractivity contribution is 7.85. The molecule has 8 heteroatoms. The minimum Gasteiger partial charge on any atom is -0.387 e. The number of unbranched alkanes of at least 4 members (excludes halogenated alkanes) is 25. The van der Waals surface area contributed by atoms with E-state index in [0.29, 0.717) is 12.8 Å². The highest BCUT2D eigenvalue weighted by Crippen LogP contribution is 2.14. The van der Waals surface area contributed by atoms with E-state index in [0.717, 1.165) is 51.4 Å². The number of aliphatic hydroxyl groups excluding tert-OH is 2. The number of nitrogens with one attached hydrogen (secondary N) is 1. The van der Waals surface area contributed by atoms with E-state index in [-0.39, 0.29) is 6.42 Å². The van der Waals surface area contributed by atoms with Gasteiger partial charge in [-0.15, -0.1) is 0 Å². The van der Waals surface area contributed by atoms with Crippen LogP contribution in [0.25, 0.3) is 0 Å². The average molecular weight is 780 g/mol. The Kier molecular flexibility index (Phi) is 38.2. The highest BCUT2D eigenvalue weighted by Gasteiger charge is 2.27. The molecular weight excluding hydrogens is 695 g/mol. The molecule has 4 N–H and O–H groups in total. The maximum atomic E-state index is 12.6. The summed E-state index contributed by atoms with van der Waals surface area (Å²) in [6, 6.07) is -1.26. The molecule has 0 aliphatic heterocycles. The molecule has 0 bridgehead atoms. The molecule has 1 amide bonds. The molecule has 0 aromatic rings. The fraction of sp³-hybridized carbons (Fsp3) is 0.804. The van der Waals surface area contributed by atoms with Crippen LogP contribution in [-0.2, 0) is 14.9 Å². The van der Waals surface area contributed by atoms with Gasteiger partial charge in [-0.2, -0.15) is 8.42 Å². The molecule has 3 unspecified atom stereocenters.